The zero-order valence-electron chi connectivity index (χ0n) is 19.2. The van der Waals surface area contributed by atoms with Crippen molar-refractivity contribution in [2.24, 2.45) is 0 Å². The first-order valence-corrected chi connectivity index (χ1v) is 13.7. The van der Waals surface area contributed by atoms with Gasteiger partial charge in [0.25, 0.3) is 10.1 Å². The van der Waals surface area contributed by atoms with Gasteiger partial charge < -0.3 is 9.84 Å². The molecule has 0 aliphatic rings. The van der Waals surface area contributed by atoms with Crippen LogP contribution < -0.4 is 0 Å². The van der Waals surface area contributed by atoms with Gasteiger partial charge in [-0.05, 0) is 13.3 Å². The average molecular weight is 437 g/mol. The number of aliphatic hydroxyl groups excluding tert-OH is 1. The number of hydrogen-bond donors (Lipinski definition) is 1. The molecule has 176 valence electrons. The molecule has 1 N–H and O–H groups in total. The van der Waals surface area contributed by atoms with E-state index < -0.39 is 16.2 Å². The summed E-state index contributed by atoms with van der Waals surface area (Å²) in [6, 6.07) is 0. The fourth-order valence-corrected chi connectivity index (χ4v) is 4.02. The van der Waals surface area contributed by atoms with Gasteiger partial charge in [-0.3, -0.25) is 4.18 Å². The van der Waals surface area contributed by atoms with Gasteiger partial charge in [0, 0.05) is 6.61 Å². The minimum absolute atomic E-state index is 0.0946. The molecule has 0 bridgehead atoms. The average Bonchev–Trinajstić information content (AvgIpc) is 2.71. The molecule has 0 aliphatic carbocycles. The summed E-state index contributed by atoms with van der Waals surface area (Å²) >= 11 is 0. The lowest BCUT2D eigenvalue weighted by Crippen LogP contribution is -2.28. The lowest BCUT2D eigenvalue weighted by atomic mass is 10.0. The normalized spacial score (nSPS) is 13.1. The highest BCUT2D eigenvalue weighted by atomic mass is 32.2. The number of aliphatic hydroxyl groups is 1. The lowest BCUT2D eigenvalue weighted by Gasteiger charge is -2.14. The molecular weight excluding hydrogens is 388 g/mol. The van der Waals surface area contributed by atoms with Crippen molar-refractivity contribution in [2.75, 3.05) is 25.6 Å². The van der Waals surface area contributed by atoms with Gasteiger partial charge in [0.1, 0.15) is 6.10 Å². The second-order valence-electron chi connectivity index (χ2n) is 8.13. The van der Waals surface area contributed by atoms with E-state index in [1.54, 1.807) is 0 Å². The summed E-state index contributed by atoms with van der Waals surface area (Å²) in [5, 5.41) is 9.16. The number of ether oxygens (including phenoxy) is 1. The van der Waals surface area contributed by atoms with Crippen LogP contribution in [-0.4, -0.2) is 45.2 Å². The van der Waals surface area contributed by atoms with Gasteiger partial charge in [-0.15, -0.1) is 0 Å². The third-order valence-corrected chi connectivity index (χ3v) is 6.56. The van der Waals surface area contributed by atoms with Crippen molar-refractivity contribution in [1.82, 2.24) is 0 Å². The van der Waals surface area contributed by atoms with E-state index in [2.05, 4.69) is 6.92 Å². The predicted octanol–water partition coefficient (Wildman–Crippen LogP) is 5.99. The molecule has 0 aromatic rings. The Labute approximate surface area is 181 Å². The third kappa shape index (κ3) is 20.9. The molecule has 0 amide bonds. The molecule has 0 saturated carbocycles. The summed E-state index contributed by atoms with van der Waals surface area (Å²) in [6.07, 6.45) is 20.5. The Morgan fingerprint density at radius 3 is 1.48 bits per heavy atom. The first-order chi connectivity index (χ1) is 14.1. The molecule has 0 aromatic carbocycles. The molecule has 5 nitrogen and oxygen atoms in total. The molecule has 0 spiro atoms. The number of unbranched alkanes of at least 4 members (excludes halogenated alkanes) is 15. The van der Waals surface area contributed by atoms with Crippen molar-refractivity contribution in [3.8, 4) is 0 Å². The van der Waals surface area contributed by atoms with Crippen LogP contribution in [0.25, 0.3) is 0 Å². The summed E-state index contributed by atoms with van der Waals surface area (Å²) < 4.78 is 33.1. The highest BCUT2D eigenvalue weighted by Crippen LogP contribution is 2.13. The van der Waals surface area contributed by atoms with E-state index in [0.29, 0.717) is 6.61 Å². The molecule has 1 unspecified atom stereocenters. The Kier molecular flexibility index (Phi) is 21.0. The standard InChI is InChI=1S/C23H48O5S/c1-3-5-6-7-8-9-10-11-12-13-14-15-16-17-18-19-20-27-22-23(21-24)28-29(25,26)4-2/h23-24H,3-22H2,1-2H3. The Bertz CT molecular complexity index is 425. The van der Waals surface area contributed by atoms with Gasteiger partial charge in [-0.25, -0.2) is 0 Å². The smallest absolute Gasteiger partial charge is 0.267 e. The fourth-order valence-electron chi connectivity index (χ4n) is 3.35. The maximum atomic E-state index is 11.4. The molecule has 0 aliphatic heterocycles. The van der Waals surface area contributed by atoms with Crippen LogP contribution in [0.4, 0.5) is 0 Å². The highest BCUT2D eigenvalue weighted by Gasteiger charge is 2.17. The van der Waals surface area contributed by atoms with Gasteiger partial charge in [0.05, 0.1) is 19.0 Å². The summed E-state index contributed by atoms with van der Waals surface area (Å²) in [5.74, 6) is -0.0946. The second kappa shape index (κ2) is 21.1. The van der Waals surface area contributed by atoms with Crippen LogP contribution in [0.1, 0.15) is 117 Å². The van der Waals surface area contributed by atoms with Crippen LogP contribution in [0.5, 0.6) is 0 Å². The largest absolute Gasteiger partial charge is 0.394 e. The quantitative estimate of drug-likeness (QED) is 0.157. The highest BCUT2D eigenvalue weighted by molar-refractivity contribution is 7.86. The maximum Gasteiger partial charge on any atom is 0.267 e. The van der Waals surface area contributed by atoms with E-state index in [4.69, 9.17) is 14.0 Å². The van der Waals surface area contributed by atoms with Gasteiger partial charge in [-0.2, -0.15) is 8.42 Å². The van der Waals surface area contributed by atoms with E-state index in [-0.39, 0.29) is 19.0 Å². The Morgan fingerprint density at radius 1 is 0.690 bits per heavy atom. The minimum Gasteiger partial charge on any atom is -0.394 e. The molecule has 0 saturated heterocycles. The molecule has 29 heavy (non-hydrogen) atoms. The number of hydrogen-bond acceptors (Lipinski definition) is 5. The number of rotatable bonds is 23. The molecule has 6 heteroatoms. The van der Waals surface area contributed by atoms with E-state index in [9.17, 15) is 8.42 Å². The van der Waals surface area contributed by atoms with Crippen molar-refractivity contribution in [3.63, 3.8) is 0 Å². The van der Waals surface area contributed by atoms with Gasteiger partial charge in [-0.1, -0.05) is 103 Å². The van der Waals surface area contributed by atoms with E-state index >= 15 is 0 Å². The first-order valence-electron chi connectivity index (χ1n) is 12.1. The van der Waals surface area contributed by atoms with Crippen molar-refractivity contribution >= 4 is 10.1 Å². The summed E-state index contributed by atoms with van der Waals surface area (Å²) in [7, 11) is -3.54. The topological polar surface area (TPSA) is 72.8 Å². The van der Waals surface area contributed by atoms with Crippen LogP contribution in [0, 0.1) is 0 Å². The first kappa shape index (κ1) is 28.8. The maximum absolute atomic E-state index is 11.4. The monoisotopic (exact) mass is 436 g/mol. The molecule has 1 atom stereocenters. The second-order valence-corrected chi connectivity index (χ2v) is 10.0. The van der Waals surface area contributed by atoms with Crippen molar-refractivity contribution < 1.29 is 22.4 Å². The van der Waals surface area contributed by atoms with Gasteiger partial charge in [0.15, 0.2) is 0 Å². The Morgan fingerprint density at radius 2 is 1.10 bits per heavy atom. The lowest BCUT2D eigenvalue weighted by molar-refractivity contribution is 0.0221. The van der Waals surface area contributed by atoms with Gasteiger partial charge >= 0.3 is 0 Å². The summed E-state index contributed by atoms with van der Waals surface area (Å²) in [6.45, 7) is 4.14. The van der Waals surface area contributed by atoms with Crippen molar-refractivity contribution in [2.45, 2.75) is 123 Å². The summed E-state index contributed by atoms with van der Waals surface area (Å²) in [4.78, 5) is 0. The molecule has 0 heterocycles. The molecule has 0 aromatic heterocycles. The molecule has 0 radical (unpaired) electrons. The molecule has 0 rings (SSSR count). The summed E-state index contributed by atoms with van der Waals surface area (Å²) in [5.41, 5.74) is 0. The van der Waals surface area contributed by atoms with Crippen LogP contribution >= 0.6 is 0 Å². The zero-order chi connectivity index (χ0) is 21.6. The SMILES string of the molecule is CCCCCCCCCCCCCCCCCCOCC(CO)OS(=O)(=O)CC. The zero-order valence-corrected chi connectivity index (χ0v) is 20.0. The molecule has 0 fully saturated rings. The van der Waals surface area contributed by atoms with Crippen LogP contribution in [0.3, 0.4) is 0 Å². The van der Waals surface area contributed by atoms with Crippen LogP contribution in [-0.2, 0) is 19.0 Å². The Balaban J connectivity index is 3.27. The van der Waals surface area contributed by atoms with E-state index in [1.165, 1.54) is 96.8 Å². The minimum atomic E-state index is -3.54. The van der Waals surface area contributed by atoms with E-state index in [0.717, 1.165) is 12.8 Å². The predicted molar refractivity (Wildman–Crippen MR) is 122 cm³/mol. The van der Waals surface area contributed by atoms with Gasteiger partial charge in [0.2, 0.25) is 0 Å². The van der Waals surface area contributed by atoms with Crippen molar-refractivity contribution in [1.29, 1.82) is 0 Å². The van der Waals surface area contributed by atoms with Crippen molar-refractivity contribution in [3.05, 3.63) is 0 Å². The van der Waals surface area contributed by atoms with Crippen LogP contribution in [0.2, 0.25) is 0 Å². The van der Waals surface area contributed by atoms with Crippen LogP contribution in [0.15, 0.2) is 0 Å². The Hall–Kier alpha value is -0.170. The van der Waals surface area contributed by atoms with E-state index in [1.807, 2.05) is 0 Å². The molecular formula is C23H48O5S. The third-order valence-electron chi connectivity index (χ3n) is 5.29. The fraction of sp³-hybridized carbons (Fsp3) is 1.00.